The van der Waals surface area contributed by atoms with E-state index in [1.807, 2.05) is 0 Å². The van der Waals surface area contributed by atoms with Crippen molar-refractivity contribution < 1.29 is 0 Å². The molecular weight excluding hydrogens is 404 g/mol. The van der Waals surface area contributed by atoms with Gasteiger partial charge in [0.25, 0.3) is 0 Å². The van der Waals surface area contributed by atoms with Crippen molar-refractivity contribution in [3.8, 4) is 0 Å². The van der Waals surface area contributed by atoms with Crippen molar-refractivity contribution >= 4 is 63.7 Å². The lowest BCUT2D eigenvalue weighted by Crippen LogP contribution is -2.21. The van der Waals surface area contributed by atoms with Gasteiger partial charge < -0.3 is 0 Å². The fourth-order valence-corrected chi connectivity index (χ4v) is 5.76. The number of fused-ring (bicyclic) bond motifs is 2. The summed E-state index contributed by atoms with van der Waals surface area (Å²) in [5.74, 6) is 1.36. The molecule has 0 aliphatic heterocycles. The second kappa shape index (κ2) is 3.10. The quantitative estimate of drug-likeness (QED) is 0.527. The molecule has 4 atom stereocenters. The minimum Gasteiger partial charge on any atom is -0.0871 e. The summed E-state index contributed by atoms with van der Waals surface area (Å²) in [6.07, 6.45) is 1.27. The van der Waals surface area contributed by atoms with E-state index in [4.69, 9.17) is 0 Å². The van der Waals surface area contributed by atoms with Crippen molar-refractivity contribution in [1.29, 1.82) is 0 Å². The maximum Gasteiger partial charge on any atom is 0.0351 e. The van der Waals surface area contributed by atoms with Crippen LogP contribution in [0.2, 0.25) is 0 Å². The first-order valence-corrected chi connectivity index (χ1v) is 6.88. The molecule has 0 aromatic rings. The van der Waals surface area contributed by atoms with Gasteiger partial charge in [0.05, 0.1) is 0 Å². The molecule has 1 fully saturated rings. The Morgan fingerprint density at radius 2 is 1.27 bits per heavy atom. The molecule has 62 valence electrons. The predicted molar refractivity (Wildman–Crippen MR) is 61.9 cm³/mol. The molecule has 11 heavy (non-hydrogen) atoms. The Morgan fingerprint density at radius 3 is 1.55 bits per heavy atom. The van der Waals surface area contributed by atoms with Crippen LogP contribution in [0.1, 0.15) is 6.42 Å². The largest absolute Gasteiger partial charge is 0.0871 e. The average molecular weight is 410 g/mol. The summed E-state index contributed by atoms with van der Waals surface area (Å²) in [6.45, 7) is 0. The van der Waals surface area contributed by atoms with Gasteiger partial charge in [-0.3, -0.25) is 0 Å². The van der Waals surface area contributed by atoms with Gasteiger partial charge in [0.15, 0.2) is 0 Å². The van der Waals surface area contributed by atoms with Gasteiger partial charge in [-0.05, 0) is 6.42 Å². The molecule has 0 N–H and O–H groups in total. The van der Waals surface area contributed by atoms with Crippen molar-refractivity contribution in [2.45, 2.75) is 16.1 Å². The van der Waals surface area contributed by atoms with E-state index < -0.39 is 0 Å². The Morgan fingerprint density at radius 1 is 0.909 bits per heavy atom. The van der Waals surface area contributed by atoms with Gasteiger partial charge in [-0.1, -0.05) is 63.7 Å². The van der Waals surface area contributed by atoms with Crippen molar-refractivity contribution in [2.24, 2.45) is 11.8 Å². The summed E-state index contributed by atoms with van der Waals surface area (Å²) in [5, 5.41) is 0. The lowest BCUT2D eigenvalue weighted by molar-refractivity contribution is 0.693. The van der Waals surface area contributed by atoms with Crippen LogP contribution in [0.3, 0.4) is 0 Å². The zero-order valence-corrected chi connectivity index (χ0v) is 11.9. The SMILES string of the molecule is BrC1=C(Br)[C@@H]2C[C@H]1[C@@H](Br)[C@H]2Br. The lowest BCUT2D eigenvalue weighted by atomic mass is 10.1. The number of alkyl halides is 2. The van der Waals surface area contributed by atoms with E-state index >= 15 is 0 Å². The summed E-state index contributed by atoms with van der Waals surface area (Å²) in [6, 6.07) is 0. The molecule has 2 rings (SSSR count). The molecule has 0 amide bonds. The third-order valence-electron chi connectivity index (χ3n) is 2.46. The molecule has 2 aliphatic rings. The average Bonchev–Trinajstić information content (AvgIpc) is 2.40. The Kier molecular flexibility index (Phi) is 2.60. The first kappa shape index (κ1) is 9.22. The van der Waals surface area contributed by atoms with Crippen molar-refractivity contribution in [2.75, 3.05) is 0 Å². The van der Waals surface area contributed by atoms with E-state index in [0.29, 0.717) is 21.5 Å². The molecule has 0 nitrogen and oxygen atoms in total. The van der Waals surface area contributed by atoms with Gasteiger partial charge >= 0.3 is 0 Å². The molecule has 0 aromatic carbocycles. The normalized spacial score (nSPS) is 49.1. The Hall–Kier alpha value is 1.66. The minimum atomic E-state index is 0.600. The number of rotatable bonds is 0. The zero-order chi connectivity index (χ0) is 8.17. The Labute approximate surface area is 99.7 Å². The van der Waals surface area contributed by atoms with E-state index in [9.17, 15) is 0 Å². The standard InChI is InChI=1S/C7H6Br4/c8-4-2-1-3(6(4)10)7(11)5(2)9/h2-4,6H,1H2/t2-,3+,4+,6-. The topological polar surface area (TPSA) is 0 Å². The van der Waals surface area contributed by atoms with Crippen LogP contribution in [0.25, 0.3) is 0 Å². The highest BCUT2D eigenvalue weighted by Crippen LogP contribution is 2.57. The number of hydrogen-bond donors (Lipinski definition) is 0. The van der Waals surface area contributed by atoms with Gasteiger partial charge in [-0.2, -0.15) is 0 Å². The highest BCUT2D eigenvalue weighted by Gasteiger charge is 2.49. The highest BCUT2D eigenvalue weighted by molar-refractivity contribution is 9.14. The van der Waals surface area contributed by atoms with Crippen LogP contribution < -0.4 is 0 Å². The fraction of sp³-hybridized carbons (Fsp3) is 0.714. The summed E-state index contributed by atoms with van der Waals surface area (Å²) >= 11 is 14.6. The van der Waals surface area contributed by atoms with E-state index in [1.54, 1.807) is 0 Å². The molecule has 0 spiro atoms. The van der Waals surface area contributed by atoms with Crippen LogP contribution >= 0.6 is 63.7 Å². The van der Waals surface area contributed by atoms with Gasteiger partial charge in [-0.25, -0.2) is 0 Å². The lowest BCUT2D eigenvalue weighted by Gasteiger charge is -2.22. The van der Waals surface area contributed by atoms with Crippen LogP contribution in [0, 0.1) is 11.8 Å². The molecule has 0 saturated heterocycles. The van der Waals surface area contributed by atoms with Crippen molar-refractivity contribution in [3.05, 3.63) is 8.96 Å². The molecule has 4 heteroatoms. The van der Waals surface area contributed by atoms with Crippen LogP contribution in [0.5, 0.6) is 0 Å². The molecule has 0 unspecified atom stereocenters. The maximum atomic E-state index is 3.70. The molecule has 2 aliphatic carbocycles. The third kappa shape index (κ3) is 1.24. The van der Waals surface area contributed by atoms with E-state index in [1.165, 1.54) is 15.4 Å². The second-order valence-corrected chi connectivity index (χ2v) is 6.86. The molecule has 1 saturated carbocycles. The summed E-state index contributed by atoms with van der Waals surface area (Å²) in [4.78, 5) is 1.20. The number of allylic oxidation sites excluding steroid dienone is 2. The van der Waals surface area contributed by atoms with E-state index in [-0.39, 0.29) is 0 Å². The monoisotopic (exact) mass is 406 g/mol. The van der Waals surface area contributed by atoms with Gasteiger partial charge in [0.2, 0.25) is 0 Å². The van der Waals surface area contributed by atoms with E-state index in [2.05, 4.69) is 63.7 Å². The van der Waals surface area contributed by atoms with E-state index in [0.717, 1.165) is 0 Å². The molecular formula is C7H6Br4. The smallest absolute Gasteiger partial charge is 0.0351 e. The minimum absolute atomic E-state index is 0.600. The summed E-state index contributed by atoms with van der Waals surface area (Å²) in [5.41, 5.74) is 0. The number of halogens is 4. The fourth-order valence-electron chi connectivity index (χ4n) is 1.82. The van der Waals surface area contributed by atoms with Crippen LogP contribution in [0.4, 0.5) is 0 Å². The van der Waals surface area contributed by atoms with Crippen molar-refractivity contribution in [3.63, 3.8) is 0 Å². The Bertz CT molecular complexity index is 200. The molecule has 0 heterocycles. The first-order valence-electron chi connectivity index (χ1n) is 3.46. The highest BCUT2D eigenvalue weighted by atomic mass is 79.9. The van der Waals surface area contributed by atoms with Gasteiger partial charge in [0, 0.05) is 30.5 Å². The van der Waals surface area contributed by atoms with Gasteiger partial charge in [0.1, 0.15) is 0 Å². The summed E-state index contributed by atoms with van der Waals surface area (Å²) in [7, 11) is 0. The molecule has 0 radical (unpaired) electrons. The van der Waals surface area contributed by atoms with Crippen LogP contribution in [0.15, 0.2) is 8.96 Å². The third-order valence-corrected chi connectivity index (χ3v) is 8.15. The first-order chi connectivity index (χ1) is 5.13. The maximum absolute atomic E-state index is 3.70. The molecule has 2 bridgehead atoms. The van der Waals surface area contributed by atoms with Crippen molar-refractivity contribution in [1.82, 2.24) is 0 Å². The van der Waals surface area contributed by atoms with Gasteiger partial charge in [-0.15, -0.1) is 0 Å². The zero-order valence-electron chi connectivity index (χ0n) is 5.53. The second-order valence-electron chi connectivity index (χ2n) is 3.03. The summed E-state index contributed by atoms with van der Waals surface area (Å²) < 4.78 is 2.72. The number of hydrogen-bond acceptors (Lipinski definition) is 0. The van der Waals surface area contributed by atoms with Crippen LogP contribution in [-0.4, -0.2) is 9.65 Å². The Balaban J connectivity index is 2.37. The predicted octanol–water partition coefficient (Wildman–Crippen LogP) is 4.16. The van der Waals surface area contributed by atoms with Crippen LogP contribution in [-0.2, 0) is 0 Å². The molecule has 0 aromatic heterocycles.